The summed E-state index contributed by atoms with van der Waals surface area (Å²) >= 11 is 6.23. The number of methoxy groups -OCH3 is 1. The van der Waals surface area contributed by atoms with Crippen LogP contribution in [0.3, 0.4) is 0 Å². The zero-order valence-electron chi connectivity index (χ0n) is 21.5. The minimum atomic E-state index is -3.71. The molecule has 3 aromatic rings. The lowest BCUT2D eigenvalue weighted by Gasteiger charge is -2.30. The predicted molar refractivity (Wildman–Crippen MR) is 144 cm³/mol. The van der Waals surface area contributed by atoms with Gasteiger partial charge in [-0.05, 0) is 56.3 Å². The number of carbonyl (C=O) groups excluding carboxylic acids is 1. The van der Waals surface area contributed by atoms with Crippen LogP contribution < -0.4 is 10.1 Å². The van der Waals surface area contributed by atoms with E-state index < -0.39 is 10.0 Å². The van der Waals surface area contributed by atoms with Gasteiger partial charge in [-0.1, -0.05) is 28.9 Å². The van der Waals surface area contributed by atoms with Crippen molar-refractivity contribution in [2.45, 2.75) is 24.3 Å². The van der Waals surface area contributed by atoms with Crippen LogP contribution in [0.25, 0.3) is 11.4 Å². The Morgan fingerprint density at radius 1 is 1.13 bits per heavy atom. The Morgan fingerprint density at radius 3 is 2.59 bits per heavy atom. The van der Waals surface area contributed by atoms with Crippen LogP contribution in [-0.2, 0) is 26.1 Å². The highest BCUT2D eigenvalue weighted by Crippen LogP contribution is 2.31. The zero-order valence-corrected chi connectivity index (χ0v) is 23.1. The third-order valence-electron chi connectivity index (χ3n) is 6.94. The molecule has 2 saturated heterocycles. The van der Waals surface area contributed by atoms with E-state index in [1.54, 1.807) is 12.1 Å². The molecule has 0 spiro atoms. The SMILES string of the molecule is COc1ccc(S(=O)(=O)N2CCOCC2)cc1NC(=O)C1CCN(Cc2nc(-c3ccccc3Cl)no2)CC1. The van der Waals surface area contributed by atoms with Crippen LogP contribution in [0.2, 0.25) is 5.02 Å². The van der Waals surface area contributed by atoms with Gasteiger partial charge in [-0.25, -0.2) is 8.42 Å². The third kappa shape index (κ3) is 6.25. The van der Waals surface area contributed by atoms with Crippen LogP contribution in [0, 0.1) is 5.92 Å². The topological polar surface area (TPSA) is 127 Å². The summed E-state index contributed by atoms with van der Waals surface area (Å²) in [7, 11) is -2.23. The van der Waals surface area contributed by atoms with Gasteiger partial charge in [-0.2, -0.15) is 9.29 Å². The van der Waals surface area contributed by atoms with Gasteiger partial charge in [0.05, 0.1) is 42.5 Å². The van der Waals surface area contributed by atoms with Gasteiger partial charge in [-0.15, -0.1) is 0 Å². The summed E-state index contributed by atoms with van der Waals surface area (Å²) in [6.45, 7) is 3.11. The molecule has 11 nitrogen and oxygen atoms in total. The van der Waals surface area contributed by atoms with Gasteiger partial charge in [0, 0.05) is 24.6 Å². The van der Waals surface area contributed by atoms with E-state index in [1.807, 2.05) is 18.2 Å². The first-order chi connectivity index (χ1) is 18.8. The number of likely N-dealkylation sites (tertiary alicyclic amines) is 1. The molecule has 208 valence electrons. The molecule has 2 aliphatic heterocycles. The van der Waals surface area contributed by atoms with E-state index in [2.05, 4.69) is 20.4 Å². The minimum Gasteiger partial charge on any atom is -0.495 e. The largest absolute Gasteiger partial charge is 0.495 e. The Kier molecular flexibility index (Phi) is 8.48. The quantitative estimate of drug-likeness (QED) is 0.430. The van der Waals surface area contributed by atoms with E-state index in [9.17, 15) is 13.2 Å². The van der Waals surface area contributed by atoms with Crippen molar-refractivity contribution < 1.29 is 27.2 Å². The summed E-state index contributed by atoms with van der Waals surface area (Å²) in [4.78, 5) is 19.9. The number of nitrogens with zero attached hydrogens (tertiary/aromatic N) is 4. The molecule has 1 aromatic heterocycles. The Balaban J connectivity index is 1.19. The lowest BCUT2D eigenvalue weighted by atomic mass is 9.96. The predicted octanol–water partition coefficient (Wildman–Crippen LogP) is 3.27. The van der Waals surface area contributed by atoms with Gasteiger partial charge in [0.25, 0.3) is 0 Å². The van der Waals surface area contributed by atoms with E-state index in [0.717, 1.165) is 0 Å². The average Bonchev–Trinajstić information content (AvgIpc) is 3.42. The molecule has 39 heavy (non-hydrogen) atoms. The van der Waals surface area contributed by atoms with Gasteiger partial charge >= 0.3 is 0 Å². The van der Waals surface area contributed by atoms with Crippen LogP contribution >= 0.6 is 11.6 Å². The van der Waals surface area contributed by atoms with Gasteiger partial charge < -0.3 is 19.3 Å². The van der Waals surface area contributed by atoms with E-state index in [1.165, 1.54) is 23.5 Å². The molecule has 0 saturated carbocycles. The number of ether oxygens (including phenoxy) is 2. The van der Waals surface area contributed by atoms with Gasteiger partial charge in [0.15, 0.2) is 0 Å². The van der Waals surface area contributed by atoms with Crippen molar-refractivity contribution in [3.05, 3.63) is 53.4 Å². The fourth-order valence-electron chi connectivity index (χ4n) is 4.73. The number of nitrogens with one attached hydrogen (secondary N) is 1. The molecule has 0 atom stereocenters. The second-order valence-electron chi connectivity index (χ2n) is 9.41. The Labute approximate surface area is 232 Å². The number of benzene rings is 2. The molecule has 13 heteroatoms. The fraction of sp³-hybridized carbons (Fsp3) is 0.423. The molecule has 1 N–H and O–H groups in total. The molecule has 3 heterocycles. The number of aromatic nitrogens is 2. The number of carbonyl (C=O) groups is 1. The number of amides is 1. The number of rotatable bonds is 8. The second kappa shape index (κ2) is 12.0. The standard InChI is InChI=1S/C26H30ClN5O6S/c1-36-23-7-6-19(39(34,35)32-12-14-37-15-13-32)16-22(23)28-26(33)18-8-10-31(11-9-18)17-24-29-25(30-38-24)20-4-2-3-5-21(20)27/h2-7,16,18H,8-15,17H2,1H3,(H,28,33). The summed E-state index contributed by atoms with van der Waals surface area (Å²) in [5, 5.41) is 7.50. The zero-order chi connectivity index (χ0) is 27.4. The Bertz CT molecular complexity index is 1420. The molecular weight excluding hydrogens is 546 g/mol. The highest BCUT2D eigenvalue weighted by molar-refractivity contribution is 7.89. The molecule has 2 fully saturated rings. The number of halogens is 1. The molecule has 0 radical (unpaired) electrons. The van der Waals surface area contributed by atoms with Crippen molar-refractivity contribution in [2.24, 2.45) is 5.92 Å². The Morgan fingerprint density at radius 2 is 1.87 bits per heavy atom. The van der Waals surface area contributed by atoms with Crippen LogP contribution in [0.15, 0.2) is 51.9 Å². The number of anilines is 1. The lowest BCUT2D eigenvalue weighted by Crippen LogP contribution is -2.40. The van der Waals surface area contributed by atoms with Crippen molar-refractivity contribution in [1.29, 1.82) is 0 Å². The first-order valence-corrected chi connectivity index (χ1v) is 14.5. The first-order valence-electron chi connectivity index (χ1n) is 12.7. The van der Waals surface area contributed by atoms with Crippen molar-refractivity contribution in [2.75, 3.05) is 51.8 Å². The van der Waals surface area contributed by atoms with Gasteiger partial charge in [-0.3, -0.25) is 9.69 Å². The molecule has 0 bridgehead atoms. The fourth-order valence-corrected chi connectivity index (χ4v) is 6.39. The molecule has 5 rings (SSSR count). The highest BCUT2D eigenvalue weighted by atomic mass is 35.5. The Hall–Kier alpha value is -3.03. The van der Waals surface area contributed by atoms with Crippen molar-refractivity contribution in [1.82, 2.24) is 19.3 Å². The monoisotopic (exact) mass is 575 g/mol. The number of sulfonamides is 1. The summed E-state index contributed by atoms with van der Waals surface area (Å²) in [6.07, 6.45) is 1.26. The van der Waals surface area contributed by atoms with E-state index in [-0.39, 0.29) is 16.7 Å². The van der Waals surface area contributed by atoms with Crippen molar-refractivity contribution in [3.63, 3.8) is 0 Å². The van der Waals surface area contributed by atoms with E-state index in [4.69, 9.17) is 25.6 Å². The maximum absolute atomic E-state index is 13.1. The normalized spacial score (nSPS) is 17.7. The maximum Gasteiger partial charge on any atom is 0.243 e. The van der Waals surface area contributed by atoms with E-state index >= 15 is 0 Å². The smallest absolute Gasteiger partial charge is 0.243 e. The lowest BCUT2D eigenvalue weighted by molar-refractivity contribution is -0.121. The molecule has 2 aromatic carbocycles. The summed E-state index contributed by atoms with van der Waals surface area (Å²) in [5.74, 6) is 0.916. The molecule has 0 unspecified atom stereocenters. The van der Waals surface area contributed by atoms with E-state index in [0.29, 0.717) is 92.5 Å². The summed E-state index contributed by atoms with van der Waals surface area (Å²) in [5.41, 5.74) is 1.04. The number of piperidine rings is 1. The van der Waals surface area contributed by atoms with Crippen molar-refractivity contribution in [3.8, 4) is 17.1 Å². The van der Waals surface area contributed by atoms with Crippen LogP contribution in [-0.4, -0.2) is 80.2 Å². The molecular formula is C26H30ClN5O6S. The first kappa shape index (κ1) is 27.5. The molecule has 2 aliphatic rings. The highest BCUT2D eigenvalue weighted by Gasteiger charge is 2.29. The van der Waals surface area contributed by atoms with Crippen LogP contribution in [0.5, 0.6) is 5.75 Å². The van der Waals surface area contributed by atoms with Crippen LogP contribution in [0.4, 0.5) is 5.69 Å². The van der Waals surface area contributed by atoms with Gasteiger partial charge in [0.2, 0.25) is 27.6 Å². The average molecular weight is 576 g/mol. The minimum absolute atomic E-state index is 0.103. The van der Waals surface area contributed by atoms with Crippen molar-refractivity contribution >= 4 is 33.2 Å². The van der Waals surface area contributed by atoms with Gasteiger partial charge in [0.1, 0.15) is 5.75 Å². The number of hydrogen-bond donors (Lipinski definition) is 1. The number of hydrogen-bond acceptors (Lipinski definition) is 9. The third-order valence-corrected chi connectivity index (χ3v) is 9.16. The van der Waals surface area contributed by atoms with Crippen LogP contribution in [0.1, 0.15) is 18.7 Å². The number of morpholine rings is 1. The maximum atomic E-state index is 13.1. The summed E-state index contributed by atoms with van der Waals surface area (Å²) < 4.78 is 43.7. The molecule has 0 aliphatic carbocycles. The molecule has 1 amide bonds. The second-order valence-corrected chi connectivity index (χ2v) is 11.8. The summed E-state index contributed by atoms with van der Waals surface area (Å²) in [6, 6.07) is 11.8.